The summed E-state index contributed by atoms with van der Waals surface area (Å²) in [6, 6.07) is 9.18. The zero-order chi connectivity index (χ0) is 12.5. The maximum Gasteiger partial charge on any atom is 0.309 e. The molecule has 1 rings (SSSR count). The van der Waals surface area contributed by atoms with Crippen molar-refractivity contribution in [3.63, 3.8) is 0 Å². The molecule has 0 radical (unpaired) electrons. The van der Waals surface area contributed by atoms with Gasteiger partial charge in [-0.1, -0.05) is 18.2 Å². The molecule has 0 unspecified atom stereocenters. The Labute approximate surface area is 99.7 Å². The molecule has 0 aliphatic carbocycles. The molecular weight excluding hydrogens is 222 g/mol. The predicted octanol–water partition coefficient (Wildman–Crippen LogP) is 0.745. The molecule has 0 spiro atoms. The van der Waals surface area contributed by atoms with Crippen molar-refractivity contribution in [3.05, 3.63) is 30.3 Å². The van der Waals surface area contributed by atoms with Crippen molar-refractivity contribution >= 4 is 11.9 Å². The lowest BCUT2D eigenvalue weighted by molar-refractivity contribution is -0.148. The lowest BCUT2D eigenvalue weighted by atomic mass is 10.3. The van der Waals surface area contributed by atoms with E-state index in [0.717, 1.165) is 0 Å². The lowest BCUT2D eigenvalue weighted by Crippen LogP contribution is -2.25. The third-order valence-corrected chi connectivity index (χ3v) is 1.96. The number of hydrogen-bond acceptors (Lipinski definition) is 4. The Morgan fingerprint density at radius 1 is 1.24 bits per heavy atom. The summed E-state index contributed by atoms with van der Waals surface area (Å²) in [5.41, 5.74) is 0. The molecule has 17 heavy (non-hydrogen) atoms. The van der Waals surface area contributed by atoms with Gasteiger partial charge in [0.1, 0.15) is 5.75 Å². The van der Waals surface area contributed by atoms with Crippen molar-refractivity contribution in [3.8, 4) is 5.75 Å². The summed E-state index contributed by atoms with van der Waals surface area (Å²) >= 11 is 0. The minimum atomic E-state index is -0.454. The number of para-hydroxylation sites is 1. The third kappa shape index (κ3) is 5.55. The van der Waals surface area contributed by atoms with E-state index >= 15 is 0 Å². The molecule has 1 aromatic rings. The van der Waals surface area contributed by atoms with Gasteiger partial charge < -0.3 is 14.8 Å². The first-order valence-electron chi connectivity index (χ1n) is 5.26. The average molecular weight is 237 g/mol. The number of esters is 1. The molecule has 5 nitrogen and oxygen atoms in total. The number of carbonyl (C=O) groups excluding carboxylic acids is 2. The first-order chi connectivity index (χ1) is 8.22. The first kappa shape index (κ1) is 13.0. The molecule has 1 aromatic carbocycles. The molecule has 5 heteroatoms. The molecule has 1 amide bonds. The Balaban J connectivity index is 2.14. The molecule has 92 valence electrons. The minimum Gasteiger partial charge on any atom is -0.493 e. The van der Waals surface area contributed by atoms with Crippen LogP contribution in [0.5, 0.6) is 5.75 Å². The Morgan fingerprint density at radius 2 is 1.94 bits per heavy atom. The van der Waals surface area contributed by atoms with Gasteiger partial charge >= 0.3 is 5.97 Å². The van der Waals surface area contributed by atoms with Crippen LogP contribution < -0.4 is 10.1 Å². The zero-order valence-corrected chi connectivity index (χ0v) is 9.64. The summed E-state index contributed by atoms with van der Waals surface area (Å²) in [6.07, 6.45) is 0.117. The van der Waals surface area contributed by atoms with E-state index in [1.165, 1.54) is 7.05 Å². The van der Waals surface area contributed by atoms with E-state index in [1.807, 2.05) is 18.2 Å². The molecule has 0 saturated heterocycles. The van der Waals surface area contributed by atoms with E-state index in [2.05, 4.69) is 5.32 Å². The number of likely N-dealkylation sites (N-methyl/N-ethyl adjacent to an activating group) is 1. The van der Waals surface area contributed by atoms with Gasteiger partial charge in [0.2, 0.25) is 0 Å². The summed E-state index contributed by atoms with van der Waals surface area (Å²) in [5.74, 6) is -0.0848. The molecule has 0 aliphatic heterocycles. The summed E-state index contributed by atoms with van der Waals surface area (Å²) in [7, 11) is 1.48. The van der Waals surface area contributed by atoms with E-state index < -0.39 is 5.97 Å². The number of rotatable bonds is 6. The van der Waals surface area contributed by atoms with Crippen LogP contribution >= 0.6 is 0 Å². The van der Waals surface area contributed by atoms with Gasteiger partial charge in [-0.2, -0.15) is 0 Å². The maximum atomic E-state index is 11.2. The van der Waals surface area contributed by atoms with Crippen molar-refractivity contribution in [2.75, 3.05) is 20.3 Å². The number of carbonyl (C=O) groups is 2. The summed E-state index contributed by atoms with van der Waals surface area (Å²) < 4.78 is 10.0. The van der Waals surface area contributed by atoms with Gasteiger partial charge in [0.25, 0.3) is 5.91 Å². The SMILES string of the molecule is CNC(=O)COC(=O)CCOc1ccccc1. The van der Waals surface area contributed by atoms with Crippen LogP contribution in [0.2, 0.25) is 0 Å². The van der Waals surface area contributed by atoms with Crippen molar-refractivity contribution in [1.29, 1.82) is 0 Å². The molecule has 0 aromatic heterocycles. The average Bonchev–Trinajstić information content (AvgIpc) is 2.37. The Kier molecular flexibility index (Phi) is 5.57. The quantitative estimate of drug-likeness (QED) is 0.741. The highest BCUT2D eigenvalue weighted by Crippen LogP contribution is 2.08. The molecule has 0 bridgehead atoms. The number of ether oxygens (including phenoxy) is 2. The first-order valence-corrected chi connectivity index (χ1v) is 5.26. The highest BCUT2D eigenvalue weighted by molar-refractivity contribution is 5.80. The topological polar surface area (TPSA) is 64.6 Å². The number of amides is 1. The summed E-state index contributed by atoms with van der Waals surface area (Å²) in [6.45, 7) is -0.0166. The van der Waals surface area contributed by atoms with E-state index in [1.54, 1.807) is 12.1 Å². The molecular formula is C12H15NO4. The minimum absolute atomic E-state index is 0.117. The standard InChI is InChI=1S/C12H15NO4/c1-13-11(14)9-17-12(15)7-8-16-10-5-3-2-4-6-10/h2-6H,7-9H2,1H3,(H,13,14). The number of benzene rings is 1. The Hall–Kier alpha value is -2.04. The van der Waals surface area contributed by atoms with Gasteiger partial charge in [-0.3, -0.25) is 9.59 Å². The fourth-order valence-electron chi connectivity index (χ4n) is 1.06. The monoisotopic (exact) mass is 237 g/mol. The van der Waals surface area contributed by atoms with Gasteiger partial charge in [-0.25, -0.2) is 0 Å². The largest absolute Gasteiger partial charge is 0.493 e. The van der Waals surface area contributed by atoms with Crippen LogP contribution in [-0.4, -0.2) is 32.1 Å². The Morgan fingerprint density at radius 3 is 2.59 bits per heavy atom. The van der Waals surface area contributed by atoms with Crippen LogP contribution in [0.15, 0.2) is 30.3 Å². The van der Waals surface area contributed by atoms with Crippen LogP contribution in [0.4, 0.5) is 0 Å². The second kappa shape index (κ2) is 7.27. The second-order valence-corrected chi connectivity index (χ2v) is 3.25. The van der Waals surface area contributed by atoms with Gasteiger partial charge in [0, 0.05) is 7.05 Å². The van der Waals surface area contributed by atoms with Gasteiger partial charge in [-0.05, 0) is 12.1 Å². The predicted molar refractivity (Wildman–Crippen MR) is 61.6 cm³/mol. The molecule has 0 atom stereocenters. The molecule has 1 N–H and O–H groups in total. The van der Waals surface area contributed by atoms with Crippen LogP contribution in [0.1, 0.15) is 6.42 Å². The van der Waals surface area contributed by atoms with E-state index in [4.69, 9.17) is 9.47 Å². The fraction of sp³-hybridized carbons (Fsp3) is 0.333. The number of nitrogens with one attached hydrogen (secondary N) is 1. The highest BCUT2D eigenvalue weighted by Gasteiger charge is 2.06. The molecule has 0 fully saturated rings. The maximum absolute atomic E-state index is 11.2. The highest BCUT2D eigenvalue weighted by atomic mass is 16.5. The summed E-state index contributed by atoms with van der Waals surface area (Å²) in [5, 5.41) is 2.35. The fourth-order valence-corrected chi connectivity index (χ4v) is 1.06. The van der Waals surface area contributed by atoms with Gasteiger partial charge in [0.05, 0.1) is 13.0 Å². The Bertz CT molecular complexity index is 364. The normalized spacial score (nSPS) is 9.47. The van der Waals surface area contributed by atoms with Crippen LogP contribution in [-0.2, 0) is 14.3 Å². The van der Waals surface area contributed by atoms with Crippen molar-refractivity contribution in [1.82, 2.24) is 5.32 Å². The smallest absolute Gasteiger partial charge is 0.309 e. The van der Waals surface area contributed by atoms with Crippen LogP contribution in [0.3, 0.4) is 0 Å². The van der Waals surface area contributed by atoms with Gasteiger partial charge in [-0.15, -0.1) is 0 Å². The van der Waals surface area contributed by atoms with E-state index in [9.17, 15) is 9.59 Å². The van der Waals surface area contributed by atoms with Crippen molar-refractivity contribution in [2.24, 2.45) is 0 Å². The third-order valence-electron chi connectivity index (χ3n) is 1.96. The molecule has 0 heterocycles. The van der Waals surface area contributed by atoms with Crippen LogP contribution in [0, 0.1) is 0 Å². The lowest BCUT2D eigenvalue weighted by Gasteiger charge is -2.06. The molecule has 0 saturated carbocycles. The van der Waals surface area contributed by atoms with Crippen molar-refractivity contribution < 1.29 is 19.1 Å². The van der Waals surface area contributed by atoms with Crippen LogP contribution in [0.25, 0.3) is 0 Å². The van der Waals surface area contributed by atoms with E-state index in [0.29, 0.717) is 5.75 Å². The van der Waals surface area contributed by atoms with Crippen molar-refractivity contribution in [2.45, 2.75) is 6.42 Å². The summed E-state index contributed by atoms with van der Waals surface area (Å²) in [4.78, 5) is 22.0. The van der Waals surface area contributed by atoms with E-state index in [-0.39, 0.29) is 25.5 Å². The zero-order valence-electron chi connectivity index (χ0n) is 9.64. The second-order valence-electron chi connectivity index (χ2n) is 3.25. The number of hydrogen-bond donors (Lipinski definition) is 1. The van der Waals surface area contributed by atoms with Gasteiger partial charge in [0.15, 0.2) is 6.61 Å². The molecule has 0 aliphatic rings.